The molecule has 2 aromatic rings. The third-order valence-electron chi connectivity index (χ3n) is 4.21. The van der Waals surface area contributed by atoms with Crippen LogP contribution in [-0.4, -0.2) is 50.2 Å². The zero-order valence-electron chi connectivity index (χ0n) is 14.6. The molecule has 2 aromatic carbocycles. The van der Waals surface area contributed by atoms with Crippen molar-refractivity contribution < 1.29 is 13.9 Å². The molecule has 3 rings (SSSR count). The summed E-state index contributed by atoms with van der Waals surface area (Å²) in [5, 5.41) is 2.86. The minimum Gasteiger partial charge on any atom is -0.379 e. The van der Waals surface area contributed by atoms with E-state index in [1.807, 2.05) is 30.3 Å². The van der Waals surface area contributed by atoms with Crippen molar-refractivity contribution in [2.45, 2.75) is 16.2 Å². The third-order valence-corrected chi connectivity index (χ3v) is 5.28. The summed E-state index contributed by atoms with van der Waals surface area (Å²) in [7, 11) is 0. The number of benzene rings is 2. The molecule has 0 spiro atoms. The molecule has 1 heterocycles. The molecule has 1 amide bonds. The summed E-state index contributed by atoms with van der Waals surface area (Å²) in [5.74, 6) is -0.847. The molecular weight excluding hydrogens is 351 g/mol. The fourth-order valence-corrected chi connectivity index (χ4v) is 3.83. The summed E-state index contributed by atoms with van der Waals surface area (Å²) >= 11 is 1.40. The van der Waals surface area contributed by atoms with E-state index in [0.29, 0.717) is 11.4 Å². The normalized spacial score (nSPS) is 15.0. The van der Waals surface area contributed by atoms with Crippen LogP contribution in [0.1, 0.15) is 16.8 Å². The van der Waals surface area contributed by atoms with Gasteiger partial charge in [-0.05, 0) is 37.2 Å². The molecule has 6 heteroatoms. The average Bonchev–Trinajstić information content (AvgIpc) is 2.67. The Labute approximate surface area is 157 Å². The van der Waals surface area contributed by atoms with E-state index in [0.717, 1.165) is 44.2 Å². The Morgan fingerprint density at radius 3 is 2.65 bits per heavy atom. The number of nitrogens with zero attached hydrogens (tertiary/aromatic N) is 1. The van der Waals surface area contributed by atoms with Crippen LogP contribution in [0.2, 0.25) is 0 Å². The molecule has 1 saturated heterocycles. The Kier molecular flexibility index (Phi) is 7.05. The summed E-state index contributed by atoms with van der Waals surface area (Å²) in [4.78, 5) is 16.4. The van der Waals surface area contributed by atoms with Crippen LogP contribution in [-0.2, 0) is 4.74 Å². The first-order valence-electron chi connectivity index (χ1n) is 8.84. The first-order chi connectivity index (χ1) is 12.7. The van der Waals surface area contributed by atoms with E-state index >= 15 is 0 Å². The zero-order chi connectivity index (χ0) is 18.2. The Balaban J connectivity index is 1.57. The van der Waals surface area contributed by atoms with E-state index < -0.39 is 5.82 Å². The van der Waals surface area contributed by atoms with Crippen LogP contribution < -0.4 is 5.32 Å². The van der Waals surface area contributed by atoms with Crippen molar-refractivity contribution in [1.82, 2.24) is 10.2 Å². The molecule has 4 nitrogen and oxygen atoms in total. The van der Waals surface area contributed by atoms with Crippen molar-refractivity contribution in [3.63, 3.8) is 0 Å². The van der Waals surface area contributed by atoms with Crippen molar-refractivity contribution >= 4 is 17.7 Å². The lowest BCUT2D eigenvalue weighted by Gasteiger charge is -2.26. The number of hydrogen-bond donors (Lipinski definition) is 1. The zero-order valence-corrected chi connectivity index (χ0v) is 15.4. The van der Waals surface area contributed by atoms with Gasteiger partial charge in [0.05, 0.1) is 18.8 Å². The van der Waals surface area contributed by atoms with Crippen LogP contribution >= 0.6 is 11.8 Å². The predicted octanol–water partition coefficient (Wildman–Crippen LogP) is 3.43. The Morgan fingerprint density at radius 2 is 1.88 bits per heavy atom. The summed E-state index contributed by atoms with van der Waals surface area (Å²) in [6.45, 7) is 4.83. The number of amides is 1. The highest BCUT2D eigenvalue weighted by Crippen LogP contribution is 2.31. The molecule has 1 aliphatic rings. The maximum atomic E-state index is 14.3. The van der Waals surface area contributed by atoms with Crippen LogP contribution in [0.3, 0.4) is 0 Å². The maximum absolute atomic E-state index is 14.3. The molecule has 0 aromatic heterocycles. The molecule has 138 valence electrons. The van der Waals surface area contributed by atoms with Crippen LogP contribution in [0, 0.1) is 5.82 Å². The molecule has 26 heavy (non-hydrogen) atoms. The van der Waals surface area contributed by atoms with E-state index in [9.17, 15) is 9.18 Å². The van der Waals surface area contributed by atoms with Crippen LogP contribution in [0.5, 0.6) is 0 Å². The van der Waals surface area contributed by atoms with Crippen molar-refractivity contribution in [3.8, 4) is 0 Å². The van der Waals surface area contributed by atoms with Gasteiger partial charge in [0.2, 0.25) is 0 Å². The van der Waals surface area contributed by atoms with Crippen LogP contribution in [0.15, 0.2) is 58.3 Å². The van der Waals surface area contributed by atoms with Gasteiger partial charge in [-0.25, -0.2) is 4.39 Å². The highest BCUT2D eigenvalue weighted by Gasteiger charge is 2.17. The van der Waals surface area contributed by atoms with Crippen molar-refractivity contribution in [3.05, 3.63) is 59.9 Å². The Bertz CT molecular complexity index is 721. The first kappa shape index (κ1) is 18.9. The maximum Gasteiger partial charge on any atom is 0.255 e. The van der Waals surface area contributed by atoms with Gasteiger partial charge in [-0.2, -0.15) is 0 Å². The fourth-order valence-electron chi connectivity index (χ4n) is 2.84. The number of rotatable bonds is 7. The highest BCUT2D eigenvalue weighted by molar-refractivity contribution is 7.99. The van der Waals surface area contributed by atoms with Crippen LogP contribution in [0.4, 0.5) is 4.39 Å². The minimum atomic E-state index is -0.489. The first-order valence-corrected chi connectivity index (χ1v) is 9.65. The van der Waals surface area contributed by atoms with E-state index in [2.05, 4.69) is 10.2 Å². The molecule has 1 aliphatic heterocycles. The molecule has 1 fully saturated rings. The fraction of sp³-hybridized carbons (Fsp3) is 0.350. The van der Waals surface area contributed by atoms with Gasteiger partial charge in [0.15, 0.2) is 0 Å². The Hall–Kier alpha value is -1.89. The molecule has 0 atom stereocenters. The van der Waals surface area contributed by atoms with Gasteiger partial charge in [-0.15, -0.1) is 0 Å². The number of carbonyl (C=O) groups excluding carboxylic acids is 1. The second kappa shape index (κ2) is 9.71. The van der Waals surface area contributed by atoms with Gasteiger partial charge >= 0.3 is 0 Å². The van der Waals surface area contributed by atoms with Gasteiger partial charge in [0.25, 0.3) is 5.91 Å². The molecule has 0 radical (unpaired) electrons. The number of halogens is 1. The summed E-state index contributed by atoms with van der Waals surface area (Å²) < 4.78 is 19.6. The average molecular weight is 374 g/mol. The highest BCUT2D eigenvalue weighted by atomic mass is 32.2. The van der Waals surface area contributed by atoms with Gasteiger partial charge in [0.1, 0.15) is 5.82 Å². The van der Waals surface area contributed by atoms with Gasteiger partial charge in [-0.3, -0.25) is 9.69 Å². The smallest absolute Gasteiger partial charge is 0.255 e. The van der Waals surface area contributed by atoms with E-state index in [-0.39, 0.29) is 11.5 Å². The molecule has 1 N–H and O–H groups in total. The number of nitrogens with one attached hydrogen (secondary N) is 1. The Morgan fingerprint density at radius 1 is 1.12 bits per heavy atom. The minimum absolute atomic E-state index is 0.118. The van der Waals surface area contributed by atoms with Crippen molar-refractivity contribution in [1.29, 1.82) is 0 Å². The number of hydrogen-bond acceptors (Lipinski definition) is 4. The van der Waals surface area contributed by atoms with E-state index in [4.69, 9.17) is 4.74 Å². The second-order valence-corrected chi connectivity index (χ2v) is 7.21. The summed E-state index contributed by atoms with van der Waals surface area (Å²) in [5.41, 5.74) is 0.118. The summed E-state index contributed by atoms with van der Waals surface area (Å²) in [6, 6.07) is 14.4. The lowest BCUT2D eigenvalue weighted by molar-refractivity contribution is 0.0374. The van der Waals surface area contributed by atoms with E-state index in [1.54, 1.807) is 12.1 Å². The predicted molar refractivity (Wildman–Crippen MR) is 101 cm³/mol. The second-order valence-electron chi connectivity index (χ2n) is 6.09. The number of morpholine rings is 1. The summed E-state index contributed by atoms with van der Waals surface area (Å²) in [6.07, 6.45) is 0.835. The van der Waals surface area contributed by atoms with Crippen LogP contribution in [0.25, 0.3) is 0 Å². The number of ether oxygens (including phenoxy) is 1. The largest absolute Gasteiger partial charge is 0.379 e. The SMILES string of the molecule is O=C(NCCCN1CCOCC1)c1c(F)cccc1Sc1ccccc1. The monoisotopic (exact) mass is 374 g/mol. The van der Waals surface area contributed by atoms with Gasteiger partial charge < -0.3 is 10.1 Å². The van der Waals surface area contributed by atoms with Crippen molar-refractivity contribution in [2.75, 3.05) is 39.4 Å². The standard InChI is InChI=1S/C20H23FN2O2S/c21-17-8-4-9-18(26-16-6-2-1-3-7-16)19(17)20(24)22-10-5-11-23-12-14-25-15-13-23/h1-4,6-9H,5,10-15H2,(H,22,24). The lowest BCUT2D eigenvalue weighted by atomic mass is 10.2. The van der Waals surface area contributed by atoms with Gasteiger partial charge in [-0.1, -0.05) is 36.0 Å². The molecule has 0 unspecified atom stereocenters. The lowest BCUT2D eigenvalue weighted by Crippen LogP contribution is -2.38. The number of carbonyl (C=O) groups is 1. The molecule has 0 saturated carbocycles. The van der Waals surface area contributed by atoms with E-state index in [1.165, 1.54) is 17.8 Å². The van der Waals surface area contributed by atoms with Gasteiger partial charge in [0, 0.05) is 29.4 Å². The third kappa shape index (κ3) is 5.30. The molecule has 0 bridgehead atoms. The van der Waals surface area contributed by atoms with Crippen molar-refractivity contribution in [2.24, 2.45) is 0 Å². The quantitative estimate of drug-likeness (QED) is 0.754. The molecular formula is C20H23FN2O2S. The molecule has 0 aliphatic carbocycles. The topological polar surface area (TPSA) is 41.6 Å².